The molecule has 25 heavy (non-hydrogen) atoms. The third kappa shape index (κ3) is 4.45. The second-order valence-electron chi connectivity index (χ2n) is 6.76. The maximum absolute atomic E-state index is 12.0. The van der Waals surface area contributed by atoms with Gasteiger partial charge in [-0.3, -0.25) is 4.79 Å². The van der Waals surface area contributed by atoms with Crippen molar-refractivity contribution in [3.05, 3.63) is 41.3 Å². The lowest BCUT2D eigenvalue weighted by atomic mass is 9.95. The van der Waals surface area contributed by atoms with Crippen LogP contribution >= 0.6 is 0 Å². The molecule has 0 radical (unpaired) electrons. The van der Waals surface area contributed by atoms with Crippen LogP contribution in [0.4, 0.5) is 0 Å². The smallest absolute Gasteiger partial charge is 0.336 e. The highest BCUT2D eigenvalue weighted by Gasteiger charge is 2.27. The summed E-state index contributed by atoms with van der Waals surface area (Å²) in [5, 5.41) is 13.3. The Morgan fingerprint density at radius 2 is 1.96 bits per heavy atom. The maximum atomic E-state index is 12.0. The van der Waals surface area contributed by atoms with Crippen molar-refractivity contribution in [2.75, 3.05) is 0 Å². The summed E-state index contributed by atoms with van der Waals surface area (Å²) in [5.74, 6) is -1.27. The Balaban J connectivity index is 2.37. The first-order valence-corrected chi connectivity index (χ1v) is 7.86. The lowest BCUT2D eigenvalue weighted by molar-refractivity contribution is -0.155. The minimum atomic E-state index is -1.07. The topological polar surface area (TPSA) is 116 Å². The lowest BCUT2D eigenvalue weighted by Gasteiger charge is -2.20. The Labute approximate surface area is 145 Å². The van der Waals surface area contributed by atoms with E-state index in [1.807, 2.05) is 0 Å². The molecule has 134 valence electrons. The Hall–Kier alpha value is -2.67. The van der Waals surface area contributed by atoms with Crippen LogP contribution < -0.4 is 5.73 Å². The highest BCUT2D eigenvalue weighted by molar-refractivity contribution is 5.96. The summed E-state index contributed by atoms with van der Waals surface area (Å²) in [6, 6.07) is 5.71. The van der Waals surface area contributed by atoms with Gasteiger partial charge in [0.05, 0.1) is 29.3 Å². The van der Waals surface area contributed by atoms with Gasteiger partial charge in [0.1, 0.15) is 5.60 Å². The molecule has 7 heteroatoms. The fourth-order valence-electron chi connectivity index (χ4n) is 2.51. The molecule has 2 rings (SSSR count). The van der Waals surface area contributed by atoms with Gasteiger partial charge in [-0.15, -0.1) is 0 Å². The Morgan fingerprint density at radius 1 is 1.32 bits per heavy atom. The molecule has 0 bridgehead atoms. The highest BCUT2D eigenvalue weighted by Crippen LogP contribution is 2.34. The van der Waals surface area contributed by atoms with Crippen molar-refractivity contribution in [3.63, 3.8) is 0 Å². The van der Waals surface area contributed by atoms with E-state index in [0.717, 1.165) is 0 Å². The molecule has 1 heterocycles. The number of hydrogen-bond donors (Lipinski definition) is 2. The summed E-state index contributed by atoms with van der Waals surface area (Å²) in [6.45, 7) is 7.00. The first-order valence-electron chi connectivity index (χ1n) is 7.86. The fraction of sp³-hybridized carbons (Fsp3) is 0.389. The van der Waals surface area contributed by atoms with Crippen LogP contribution in [0.25, 0.3) is 11.1 Å². The summed E-state index contributed by atoms with van der Waals surface area (Å²) in [4.78, 5) is 23.5. The van der Waals surface area contributed by atoms with E-state index in [2.05, 4.69) is 5.16 Å². The molecule has 0 amide bonds. The molecule has 1 atom stereocenters. The first-order chi connectivity index (χ1) is 11.6. The van der Waals surface area contributed by atoms with E-state index >= 15 is 0 Å². The molecule has 0 spiro atoms. The van der Waals surface area contributed by atoms with Crippen LogP contribution in [-0.4, -0.2) is 27.8 Å². The second-order valence-corrected chi connectivity index (χ2v) is 6.76. The number of aryl methyl sites for hydroxylation is 1. The van der Waals surface area contributed by atoms with Gasteiger partial charge in [0, 0.05) is 5.56 Å². The third-order valence-electron chi connectivity index (χ3n) is 3.46. The molecule has 0 aliphatic carbocycles. The average Bonchev–Trinajstić information content (AvgIpc) is 2.86. The maximum Gasteiger partial charge on any atom is 0.336 e. The molecule has 7 nitrogen and oxygen atoms in total. The molecule has 0 aliphatic rings. The Morgan fingerprint density at radius 3 is 2.56 bits per heavy atom. The number of carbonyl (C=O) groups is 2. The molecule has 1 aromatic carbocycles. The van der Waals surface area contributed by atoms with Crippen molar-refractivity contribution in [1.82, 2.24) is 5.16 Å². The minimum Gasteiger partial charge on any atom is -0.478 e. The predicted molar refractivity (Wildman–Crippen MR) is 91.0 cm³/mol. The largest absolute Gasteiger partial charge is 0.478 e. The van der Waals surface area contributed by atoms with E-state index in [1.54, 1.807) is 45.9 Å². The third-order valence-corrected chi connectivity index (χ3v) is 3.46. The molecule has 3 N–H and O–H groups in total. The Bertz CT molecular complexity index is 789. The molecule has 2 aromatic rings. The van der Waals surface area contributed by atoms with Gasteiger partial charge < -0.3 is 20.1 Å². The number of nitrogens with two attached hydrogens (primary N) is 1. The van der Waals surface area contributed by atoms with Gasteiger partial charge in [-0.1, -0.05) is 23.4 Å². The molecular weight excluding hydrogens is 324 g/mol. The van der Waals surface area contributed by atoms with E-state index in [0.29, 0.717) is 16.8 Å². The number of aromatic carboxylic acids is 1. The second kappa shape index (κ2) is 7.06. The molecule has 0 aliphatic heterocycles. The van der Waals surface area contributed by atoms with Crippen molar-refractivity contribution >= 4 is 11.9 Å². The summed E-state index contributed by atoms with van der Waals surface area (Å²) >= 11 is 0. The van der Waals surface area contributed by atoms with Crippen molar-refractivity contribution in [1.29, 1.82) is 0 Å². The summed E-state index contributed by atoms with van der Waals surface area (Å²) in [6.07, 6.45) is -0.103. The Kier molecular flexibility index (Phi) is 5.27. The minimum absolute atomic E-state index is 0.103. The van der Waals surface area contributed by atoms with Crippen LogP contribution in [0.3, 0.4) is 0 Å². The number of ether oxygens (including phenoxy) is 1. The predicted octanol–water partition coefficient (Wildman–Crippen LogP) is 3.08. The number of carbonyl (C=O) groups excluding carboxylic acids is 1. The lowest BCUT2D eigenvalue weighted by Crippen LogP contribution is -2.26. The van der Waals surface area contributed by atoms with Crippen LogP contribution in [0.1, 0.15) is 55.0 Å². The van der Waals surface area contributed by atoms with Gasteiger partial charge in [0.2, 0.25) is 0 Å². The van der Waals surface area contributed by atoms with Gasteiger partial charge >= 0.3 is 11.9 Å². The van der Waals surface area contributed by atoms with Gasteiger partial charge in [-0.25, -0.2) is 4.79 Å². The number of benzene rings is 1. The number of nitrogens with zero attached hydrogens (tertiary/aromatic N) is 1. The van der Waals surface area contributed by atoms with Crippen LogP contribution in [0.5, 0.6) is 0 Å². The number of carboxylic acids is 1. The van der Waals surface area contributed by atoms with E-state index in [4.69, 9.17) is 15.0 Å². The number of carboxylic acid groups (broad SMARTS) is 1. The van der Waals surface area contributed by atoms with Crippen molar-refractivity contribution in [3.8, 4) is 11.1 Å². The van der Waals surface area contributed by atoms with E-state index < -0.39 is 23.6 Å². The highest BCUT2D eigenvalue weighted by atomic mass is 16.6. The van der Waals surface area contributed by atoms with Crippen LogP contribution in [0.15, 0.2) is 28.8 Å². The van der Waals surface area contributed by atoms with Gasteiger partial charge in [0.25, 0.3) is 0 Å². The molecule has 1 aromatic heterocycles. The number of esters is 1. The molecule has 1 unspecified atom stereocenters. The van der Waals surface area contributed by atoms with Gasteiger partial charge in [-0.2, -0.15) is 0 Å². The van der Waals surface area contributed by atoms with Crippen molar-refractivity contribution in [2.24, 2.45) is 5.73 Å². The summed E-state index contributed by atoms with van der Waals surface area (Å²) in [7, 11) is 0. The van der Waals surface area contributed by atoms with E-state index in [1.165, 1.54) is 6.07 Å². The molecule has 0 saturated carbocycles. The van der Waals surface area contributed by atoms with Crippen LogP contribution in [-0.2, 0) is 9.53 Å². The van der Waals surface area contributed by atoms with E-state index in [9.17, 15) is 14.7 Å². The van der Waals surface area contributed by atoms with E-state index in [-0.39, 0.29) is 17.7 Å². The van der Waals surface area contributed by atoms with Crippen LogP contribution in [0.2, 0.25) is 0 Å². The summed E-state index contributed by atoms with van der Waals surface area (Å²) < 4.78 is 10.6. The first kappa shape index (κ1) is 18.7. The normalized spacial score (nSPS) is 12.7. The quantitative estimate of drug-likeness (QED) is 0.799. The number of hydrogen-bond acceptors (Lipinski definition) is 6. The zero-order valence-electron chi connectivity index (χ0n) is 14.7. The monoisotopic (exact) mass is 346 g/mol. The van der Waals surface area contributed by atoms with Gasteiger partial charge in [-0.05, 0) is 33.8 Å². The average molecular weight is 346 g/mol. The molecule has 0 fully saturated rings. The molecule has 0 saturated heterocycles. The number of rotatable bonds is 5. The summed E-state index contributed by atoms with van der Waals surface area (Å²) in [5.41, 5.74) is 7.05. The fourth-order valence-corrected chi connectivity index (χ4v) is 2.51. The van der Waals surface area contributed by atoms with Crippen LogP contribution in [0, 0.1) is 6.92 Å². The SMILES string of the molecule is Cc1noc(C(N)CC(=O)OC(C)(C)C)c1-c1ccccc1C(=O)O. The zero-order valence-corrected chi connectivity index (χ0v) is 14.7. The van der Waals surface area contributed by atoms with Crippen molar-refractivity contribution < 1.29 is 24.0 Å². The number of aromatic nitrogens is 1. The molecular formula is C18H22N2O5. The van der Waals surface area contributed by atoms with Gasteiger partial charge in [0.15, 0.2) is 5.76 Å². The van der Waals surface area contributed by atoms with Crippen molar-refractivity contribution in [2.45, 2.75) is 45.8 Å². The zero-order chi connectivity index (χ0) is 18.8. The standard InChI is InChI=1S/C18H22N2O5/c1-10-15(11-7-5-6-8-12(11)17(22)23)16(25-20-10)13(19)9-14(21)24-18(2,3)4/h5-8,13H,9,19H2,1-4H3,(H,22,23).